The van der Waals surface area contributed by atoms with Gasteiger partial charge in [0.2, 0.25) is 5.82 Å². The van der Waals surface area contributed by atoms with Gasteiger partial charge in [-0.05, 0) is 51.5 Å². The minimum Gasteiger partial charge on any atom is -0.455 e. The summed E-state index contributed by atoms with van der Waals surface area (Å²) in [5.41, 5.74) is 5.54. The molecule has 0 aliphatic carbocycles. The molecule has 0 aliphatic rings. The molecule has 0 radical (unpaired) electrons. The number of nitrogens with one attached hydrogen (secondary N) is 2. The number of aromatic nitrogens is 3. The van der Waals surface area contributed by atoms with Crippen LogP contribution >= 0.6 is 0 Å². The Morgan fingerprint density at radius 3 is 2.49 bits per heavy atom. The van der Waals surface area contributed by atoms with Gasteiger partial charge in [-0.3, -0.25) is 14.3 Å². The van der Waals surface area contributed by atoms with Gasteiger partial charge in [-0.1, -0.05) is 41.6 Å². The number of fused-ring (bicyclic) bond motifs is 1. The van der Waals surface area contributed by atoms with Crippen molar-refractivity contribution in [2.24, 2.45) is 0 Å². The third kappa shape index (κ3) is 4.14. The number of pyridine rings is 1. The van der Waals surface area contributed by atoms with Gasteiger partial charge in [-0.15, -0.1) is 0 Å². The van der Waals surface area contributed by atoms with E-state index in [1.54, 1.807) is 6.92 Å². The van der Waals surface area contributed by atoms with Gasteiger partial charge in [0, 0.05) is 22.4 Å². The lowest BCUT2D eigenvalue weighted by molar-refractivity contribution is 0.388. The van der Waals surface area contributed by atoms with Crippen LogP contribution in [0.3, 0.4) is 0 Å². The van der Waals surface area contributed by atoms with Crippen LogP contribution in [0.15, 0.2) is 73.1 Å². The molecule has 3 heterocycles. The fourth-order valence-electron chi connectivity index (χ4n) is 4.25. The second-order valence-corrected chi connectivity index (χ2v) is 8.64. The molecule has 0 saturated carbocycles. The van der Waals surface area contributed by atoms with Crippen LogP contribution in [0.4, 0.5) is 5.69 Å². The maximum absolute atomic E-state index is 13.3. The van der Waals surface area contributed by atoms with E-state index in [-0.39, 0.29) is 17.3 Å². The lowest BCUT2D eigenvalue weighted by atomic mass is 9.98. The van der Waals surface area contributed by atoms with E-state index in [4.69, 9.17) is 4.42 Å². The van der Waals surface area contributed by atoms with Crippen molar-refractivity contribution >= 4 is 16.7 Å². The summed E-state index contributed by atoms with van der Waals surface area (Å²) in [6.45, 7) is 7.57. The molecule has 0 fully saturated rings. The van der Waals surface area contributed by atoms with Crippen LogP contribution in [-0.2, 0) is 0 Å². The van der Waals surface area contributed by atoms with Gasteiger partial charge in [0.25, 0.3) is 0 Å². The quantitative estimate of drug-likeness (QED) is 0.360. The summed E-state index contributed by atoms with van der Waals surface area (Å²) in [4.78, 5) is 32.0. The molecule has 1 unspecified atom stereocenters. The fraction of sp³-hybridized carbons (Fsp3) is 0.185. The molecule has 2 aromatic carbocycles. The Labute approximate surface area is 200 Å². The van der Waals surface area contributed by atoms with Crippen molar-refractivity contribution in [2.75, 3.05) is 5.32 Å². The van der Waals surface area contributed by atoms with Crippen molar-refractivity contribution in [2.45, 2.75) is 33.7 Å². The molecule has 0 aliphatic heterocycles. The van der Waals surface area contributed by atoms with Crippen LogP contribution in [0, 0.1) is 20.8 Å². The third-order valence-corrected chi connectivity index (χ3v) is 5.97. The molecule has 0 amide bonds. The zero-order valence-corrected chi connectivity index (χ0v) is 19.8. The zero-order valence-electron chi connectivity index (χ0n) is 19.8. The number of nitrogens with zero attached hydrogens (tertiary/aromatic N) is 2. The van der Waals surface area contributed by atoms with Crippen molar-refractivity contribution in [3.8, 4) is 22.8 Å². The van der Waals surface area contributed by atoms with E-state index in [9.17, 15) is 9.59 Å². The Balaban J connectivity index is 1.65. The summed E-state index contributed by atoms with van der Waals surface area (Å²) in [5, 5.41) is 7.78. The van der Waals surface area contributed by atoms with Gasteiger partial charge >= 0.3 is 5.76 Å². The number of anilines is 1. The summed E-state index contributed by atoms with van der Waals surface area (Å²) in [6, 6.07) is 16.9. The highest BCUT2D eigenvalue weighted by Crippen LogP contribution is 2.33. The number of benzene rings is 2. The van der Waals surface area contributed by atoms with Gasteiger partial charge in [0.05, 0.1) is 17.1 Å². The second-order valence-electron chi connectivity index (χ2n) is 8.64. The minimum atomic E-state index is -0.655. The number of H-pyrrole nitrogens is 1. The molecule has 5 aromatic rings. The van der Waals surface area contributed by atoms with Crippen molar-refractivity contribution < 1.29 is 8.94 Å². The van der Waals surface area contributed by atoms with E-state index >= 15 is 0 Å². The van der Waals surface area contributed by atoms with E-state index in [2.05, 4.69) is 25.0 Å². The van der Waals surface area contributed by atoms with Gasteiger partial charge in [0.1, 0.15) is 17.0 Å². The second kappa shape index (κ2) is 8.72. The smallest absolute Gasteiger partial charge is 0.439 e. The summed E-state index contributed by atoms with van der Waals surface area (Å²) < 4.78 is 11.1. The van der Waals surface area contributed by atoms with Crippen LogP contribution in [0.25, 0.3) is 33.8 Å². The highest BCUT2D eigenvalue weighted by Gasteiger charge is 2.20. The molecule has 0 spiro atoms. The van der Waals surface area contributed by atoms with E-state index in [1.165, 1.54) is 0 Å². The molecule has 8 nitrogen and oxygen atoms in total. The van der Waals surface area contributed by atoms with Crippen molar-refractivity contribution in [3.05, 3.63) is 97.8 Å². The molecular formula is C27H24N4O4. The highest BCUT2D eigenvalue weighted by molar-refractivity contribution is 5.85. The maximum Gasteiger partial charge on any atom is 0.439 e. The lowest BCUT2D eigenvalue weighted by Gasteiger charge is -2.20. The molecule has 1 atom stereocenters. The molecule has 35 heavy (non-hydrogen) atoms. The topological polar surface area (TPSA) is 114 Å². The van der Waals surface area contributed by atoms with E-state index < -0.39 is 5.76 Å². The van der Waals surface area contributed by atoms with Crippen molar-refractivity contribution in [3.63, 3.8) is 0 Å². The molecule has 5 rings (SSSR count). The van der Waals surface area contributed by atoms with Crippen molar-refractivity contribution in [1.82, 2.24) is 15.1 Å². The SMILES string of the molecule is Cc1cc(C(C)Nc2ccc(C)nc2-c2noc(=O)[nH]2)c2oc(-c3ccccc3)c(C)c(=O)c2c1. The Kier molecular flexibility index (Phi) is 5.56. The van der Waals surface area contributed by atoms with Crippen LogP contribution in [0.2, 0.25) is 0 Å². The predicted octanol–water partition coefficient (Wildman–Crippen LogP) is 5.30. The van der Waals surface area contributed by atoms with Crippen molar-refractivity contribution in [1.29, 1.82) is 0 Å². The first kappa shape index (κ1) is 22.3. The van der Waals surface area contributed by atoms with E-state index in [0.717, 1.165) is 22.4 Å². The molecule has 2 N–H and O–H groups in total. The number of rotatable bonds is 5. The van der Waals surface area contributed by atoms with Gasteiger partial charge in [0.15, 0.2) is 5.43 Å². The number of hydrogen-bond donors (Lipinski definition) is 2. The highest BCUT2D eigenvalue weighted by atomic mass is 16.5. The van der Waals surface area contributed by atoms with Gasteiger partial charge in [-0.25, -0.2) is 9.78 Å². The first-order valence-electron chi connectivity index (χ1n) is 11.3. The van der Waals surface area contributed by atoms with Crippen LogP contribution < -0.4 is 16.5 Å². The largest absolute Gasteiger partial charge is 0.455 e. The Hall–Kier alpha value is -4.46. The molecule has 0 saturated heterocycles. The summed E-state index contributed by atoms with van der Waals surface area (Å²) in [6.07, 6.45) is 0. The lowest BCUT2D eigenvalue weighted by Crippen LogP contribution is -2.13. The van der Waals surface area contributed by atoms with Crippen LogP contribution in [0.1, 0.15) is 35.3 Å². The number of aryl methyl sites for hydroxylation is 2. The fourth-order valence-corrected chi connectivity index (χ4v) is 4.25. The molecule has 0 bridgehead atoms. The normalized spacial score (nSPS) is 12.1. The van der Waals surface area contributed by atoms with Crippen LogP contribution in [0.5, 0.6) is 0 Å². The number of hydrogen-bond acceptors (Lipinski definition) is 7. The Morgan fingerprint density at radius 2 is 1.77 bits per heavy atom. The summed E-state index contributed by atoms with van der Waals surface area (Å²) >= 11 is 0. The third-order valence-electron chi connectivity index (χ3n) is 5.97. The van der Waals surface area contributed by atoms with Crippen LogP contribution in [-0.4, -0.2) is 15.1 Å². The first-order chi connectivity index (χ1) is 16.8. The monoisotopic (exact) mass is 468 g/mol. The average Bonchev–Trinajstić information content (AvgIpc) is 3.29. The first-order valence-corrected chi connectivity index (χ1v) is 11.3. The Bertz CT molecular complexity index is 1660. The summed E-state index contributed by atoms with van der Waals surface area (Å²) in [7, 11) is 0. The molecule has 3 aromatic heterocycles. The van der Waals surface area contributed by atoms with E-state index in [0.29, 0.717) is 33.7 Å². The maximum atomic E-state index is 13.3. The molecule has 8 heteroatoms. The minimum absolute atomic E-state index is 0.0554. The zero-order chi connectivity index (χ0) is 24.7. The standard InChI is InChI=1S/C27H24N4O4/c1-14-12-19(17(4)29-21-11-10-15(2)28-22(21)26-30-27(33)35-31-26)25-20(13-14)23(32)16(3)24(34-25)18-8-6-5-7-9-18/h5-13,17,29H,1-4H3,(H,30,31,33). The van der Waals surface area contributed by atoms with Gasteiger partial charge in [-0.2, -0.15) is 0 Å². The summed E-state index contributed by atoms with van der Waals surface area (Å²) in [5.74, 6) is 0.131. The van der Waals surface area contributed by atoms with Gasteiger partial charge < -0.3 is 9.73 Å². The molecular weight excluding hydrogens is 444 g/mol. The average molecular weight is 469 g/mol. The number of aromatic amines is 1. The predicted molar refractivity (Wildman–Crippen MR) is 135 cm³/mol. The molecule has 176 valence electrons. The van der Waals surface area contributed by atoms with E-state index in [1.807, 2.05) is 75.4 Å². The Morgan fingerprint density at radius 1 is 1.00 bits per heavy atom.